The Labute approximate surface area is 283 Å². The second-order valence-electron chi connectivity index (χ2n) is 17.0. The van der Waals surface area contributed by atoms with Crippen molar-refractivity contribution in [3.05, 3.63) is 81.9 Å². The van der Waals surface area contributed by atoms with Crippen molar-refractivity contribution in [1.29, 1.82) is 0 Å². The Bertz CT molecular complexity index is 1630. The molecule has 0 radical (unpaired) electrons. The maximum atomic E-state index is 14.4. The number of halogens is 2. The first kappa shape index (κ1) is 32.2. The van der Waals surface area contributed by atoms with Gasteiger partial charge in [0, 0.05) is 23.1 Å². The molecule has 0 aromatic heterocycles. The Balaban J connectivity index is 1.17. The predicted octanol–water partition coefficient (Wildman–Crippen LogP) is 8.91. The quantitative estimate of drug-likeness (QED) is 0.264. The van der Waals surface area contributed by atoms with Crippen molar-refractivity contribution in [2.24, 2.45) is 28.6 Å². The fraction of sp³-hybridized carbons (Fsp3) is 0.610. The molecule has 48 heavy (non-hydrogen) atoms. The van der Waals surface area contributed by atoms with Crippen molar-refractivity contribution in [2.75, 3.05) is 13.1 Å². The molecule has 7 aliphatic carbocycles. The fourth-order valence-corrected chi connectivity index (χ4v) is 11.8. The molecule has 1 aliphatic heterocycles. The van der Waals surface area contributed by atoms with Crippen molar-refractivity contribution in [3.63, 3.8) is 0 Å². The maximum Gasteiger partial charge on any atom is 0.410 e. The summed E-state index contributed by atoms with van der Waals surface area (Å²) in [5.74, 6) is -0.0833. The molecule has 256 valence electrons. The van der Waals surface area contributed by atoms with Crippen LogP contribution in [-0.2, 0) is 11.2 Å². The Hall–Kier alpha value is -3.06. The first-order valence-electron chi connectivity index (χ1n) is 18.4. The number of ketones is 1. The molecule has 4 atom stereocenters. The number of benzene rings is 2. The average Bonchev–Trinajstić information content (AvgIpc) is 3.49. The highest BCUT2D eigenvalue weighted by molar-refractivity contribution is 6.10. The normalized spacial score (nSPS) is 37.4. The van der Waals surface area contributed by atoms with Gasteiger partial charge in [-0.1, -0.05) is 30.7 Å². The minimum atomic E-state index is -1.06. The summed E-state index contributed by atoms with van der Waals surface area (Å²) in [6.07, 6.45) is 14.1. The minimum Gasteiger partial charge on any atom is -0.440 e. The van der Waals surface area contributed by atoms with Crippen LogP contribution in [0.2, 0.25) is 0 Å². The van der Waals surface area contributed by atoms with E-state index in [4.69, 9.17) is 4.74 Å². The summed E-state index contributed by atoms with van der Waals surface area (Å²) < 4.78 is 34.9. The molecule has 7 heteroatoms. The standard InChI is InChI=1S/C41H49F2NO4/c1-25-4-3-12-39(2)34(11-13-41(39)24-44(38(47)48-41)23-40-20-27-14-28(21-40)16-29(15-27)22-40)32-9-6-26(17-31(45)8-5-25)18-33(32)37(46)30-7-10-35(42)36(43)19-30/h4,6-7,9-10,18-19,27-29,31,34,45H,3,5,8,11-17,20-24H2,1-2H3/t27?,28?,29?,31-,34-,39-,40?,41+/m0/s1. The van der Waals surface area contributed by atoms with Crippen LogP contribution < -0.4 is 0 Å². The van der Waals surface area contributed by atoms with Gasteiger partial charge in [0.05, 0.1) is 12.6 Å². The Kier molecular flexibility index (Phi) is 7.89. The SMILES string of the molecule is CC1=CCC[C@@]2(C)[C@@H](CC[C@@]23CN(CC24CC5CC(CC(C5)C2)C4)C(=O)O3)c2ccc(cc2C(=O)c2ccc(F)c(F)c2)C[C@@H](O)CC1. The van der Waals surface area contributed by atoms with Crippen LogP contribution in [0.15, 0.2) is 48.0 Å². The van der Waals surface area contributed by atoms with E-state index < -0.39 is 28.8 Å². The van der Waals surface area contributed by atoms with E-state index in [1.165, 1.54) is 50.2 Å². The van der Waals surface area contributed by atoms with E-state index in [9.17, 15) is 23.5 Å². The molecule has 6 bridgehead atoms. The summed E-state index contributed by atoms with van der Waals surface area (Å²) in [4.78, 5) is 30.1. The molecule has 8 aliphatic rings. The summed E-state index contributed by atoms with van der Waals surface area (Å²) in [5, 5.41) is 10.9. The zero-order chi connectivity index (χ0) is 33.4. The van der Waals surface area contributed by atoms with E-state index in [0.29, 0.717) is 31.4 Å². The van der Waals surface area contributed by atoms with E-state index in [1.807, 2.05) is 23.1 Å². The molecular weight excluding hydrogens is 608 g/mol. The lowest BCUT2D eigenvalue weighted by Crippen LogP contribution is -2.52. The summed E-state index contributed by atoms with van der Waals surface area (Å²) in [6.45, 7) is 5.73. The van der Waals surface area contributed by atoms with Crippen molar-refractivity contribution in [2.45, 2.75) is 115 Å². The lowest BCUT2D eigenvalue weighted by atomic mass is 9.49. The number of hydrogen-bond donors (Lipinski definition) is 1. The predicted molar refractivity (Wildman–Crippen MR) is 180 cm³/mol. The highest BCUT2D eigenvalue weighted by Crippen LogP contribution is 2.64. The Morgan fingerprint density at radius 2 is 1.71 bits per heavy atom. The number of allylic oxidation sites excluding steroid dienone is 2. The average molecular weight is 658 g/mol. The van der Waals surface area contributed by atoms with Gasteiger partial charge in [-0.2, -0.15) is 0 Å². The van der Waals surface area contributed by atoms with Gasteiger partial charge in [0.1, 0.15) is 5.60 Å². The Morgan fingerprint density at radius 3 is 2.42 bits per heavy atom. The van der Waals surface area contributed by atoms with Gasteiger partial charge in [-0.3, -0.25) is 4.79 Å². The topological polar surface area (TPSA) is 66.8 Å². The number of aliphatic hydroxyl groups is 1. The lowest BCUT2D eigenvalue weighted by Gasteiger charge is -2.57. The molecule has 1 saturated heterocycles. The number of hydrogen-bond acceptors (Lipinski definition) is 4. The van der Waals surface area contributed by atoms with Crippen LogP contribution in [0, 0.1) is 40.2 Å². The first-order chi connectivity index (χ1) is 22.9. The van der Waals surface area contributed by atoms with Crippen molar-refractivity contribution in [3.8, 4) is 0 Å². The van der Waals surface area contributed by atoms with Gasteiger partial charge < -0.3 is 14.7 Å². The molecule has 5 saturated carbocycles. The van der Waals surface area contributed by atoms with Crippen LogP contribution in [0.25, 0.3) is 0 Å². The van der Waals surface area contributed by atoms with Crippen LogP contribution in [0.5, 0.6) is 0 Å². The molecule has 10 rings (SSSR count). The zero-order valence-electron chi connectivity index (χ0n) is 28.4. The van der Waals surface area contributed by atoms with E-state index in [1.54, 1.807) is 0 Å². The molecule has 6 fully saturated rings. The van der Waals surface area contributed by atoms with Crippen LogP contribution in [0.4, 0.5) is 13.6 Å². The van der Waals surface area contributed by atoms with E-state index in [-0.39, 0.29) is 28.8 Å². The van der Waals surface area contributed by atoms with Crippen LogP contribution in [0.3, 0.4) is 0 Å². The van der Waals surface area contributed by atoms with Gasteiger partial charge in [0.2, 0.25) is 0 Å². The number of fused-ring (bicyclic) bond motifs is 8. The number of ether oxygens (including phenoxy) is 1. The number of amides is 1. The van der Waals surface area contributed by atoms with Crippen molar-refractivity contribution in [1.82, 2.24) is 4.90 Å². The second kappa shape index (κ2) is 11.8. The number of nitrogens with zero attached hydrogens (tertiary/aromatic N) is 1. The lowest BCUT2D eigenvalue weighted by molar-refractivity contribution is -0.0641. The third-order valence-corrected chi connectivity index (χ3v) is 13.7. The highest BCUT2D eigenvalue weighted by atomic mass is 19.2. The molecule has 0 unspecified atom stereocenters. The van der Waals surface area contributed by atoms with Gasteiger partial charge >= 0.3 is 6.09 Å². The van der Waals surface area contributed by atoms with E-state index in [2.05, 4.69) is 19.9 Å². The fourth-order valence-electron chi connectivity index (χ4n) is 11.8. The van der Waals surface area contributed by atoms with E-state index in [0.717, 1.165) is 73.2 Å². The van der Waals surface area contributed by atoms with Crippen molar-refractivity contribution < 1.29 is 28.2 Å². The molecule has 5 nitrogen and oxygen atoms in total. The third-order valence-electron chi connectivity index (χ3n) is 13.7. The molecule has 1 amide bonds. The van der Waals surface area contributed by atoms with Gasteiger partial charge in [-0.15, -0.1) is 0 Å². The molecule has 1 spiro atoms. The third kappa shape index (κ3) is 5.43. The smallest absolute Gasteiger partial charge is 0.410 e. The molecule has 2 aromatic carbocycles. The summed E-state index contributed by atoms with van der Waals surface area (Å²) in [5.41, 5.74) is 2.54. The van der Waals surface area contributed by atoms with Crippen LogP contribution in [-0.4, -0.2) is 46.7 Å². The van der Waals surface area contributed by atoms with Gasteiger partial charge in [-0.25, -0.2) is 13.6 Å². The van der Waals surface area contributed by atoms with Crippen LogP contribution in [0.1, 0.15) is 124 Å². The first-order valence-corrected chi connectivity index (χ1v) is 18.4. The number of rotatable bonds is 4. The van der Waals surface area contributed by atoms with Crippen LogP contribution >= 0.6 is 0 Å². The number of aliphatic hydroxyl groups excluding tert-OH is 1. The number of carbonyl (C=O) groups is 2. The van der Waals surface area contributed by atoms with Gasteiger partial charge in [-0.05, 0) is 155 Å². The zero-order valence-corrected chi connectivity index (χ0v) is 28.4. The molecular formula is C41H49F2NO4. The highest BCUT2D eigenvalue weighted by Gasteiger charge is 2.65. The second-order valence-corrected chi connectivity index (χ2v) is 17.0. The molecule has 2 aromatic rings. The summed E-state index contributed by atoms with van der Waals surface area (Å²) in [7, 11) is 0. The van der Waals surface area contributed by atoms with Gasteiger partial charge in [0.15, 0.2) is 17.4 Å². The number of carbonyl (C=O) groups excluding carboxylic acids is 2. The summed E-state index contributed by atoms with van der Waals surface area (Å²) >= 11 is 0. The maximum absolute atomic E-state index is 14.4. The molecule has 1 N–H and O–H groups in total. The molecule has 1 heterocycles. The van der Waals surface area contributed by atoms with E-state index >= 15 is 0 Å². The largest absolute Gasteiger partial charge is 0.440 e. The van der Waals surface area contributed by atoms with Gasteiger partial charge in [0.25, 0.3) is 0 Å². The minimum absolute atomic E-state index is 0.0929. The Morgan fingerprint density at radius 1 is 0.979 bits per heavy atom. The summed E-state index contributed by atoms with van der Waals surface area (Å²) in [6, 6.07) is 9.18. The van der Waals surface area contributed by atoms with Crippen molar-refractivity contribution >= 4 is 11.9 Å². The monoisotopic (exact) mass is 657 g/mol.